The summed E-state index contributed by atoms with van der Waals surface area (Å²) in [6.07, 6.45) is 5.43. The highest BCUT2D eigenvalue weighted by Gasteiger charge is 2.33. The van der Waals surface area contributed by atoms with Crippen LogP contribution in [0.2, 0.25) is 0 Å². The summed E-state index contributed by atoms with van der Waals surface area (Å²) in [6, 6.07) is 2.17. The van der Waals surface area contributed by atoms with E-state index in [-0.39, 0.29) is 6.54 Å². The van der Waals surface area contributed by atoms with Crippen molar-refractivity contribution in [2.24, 2.45) is 0 Å². The number of tetrazole rings is 1. The number of rotatable bonds is 5. The van der Waals surface area contributed by atoms with Crippen LogP contribution in [-0.4, -0.2) is 44.2 Å². The summed E-state index contributed by atoms with van der Waals surface area (Å²) in [5, 5.41) is 22.2. The molecule has 21 heavy (non-hydrogen) atoms. The third-order valence-corrected chi connectivity index (χ3v) is 3.35. The van der Waals surface area contributed by atoms with Crippen molar-refractivity contribution >= 4 is 11.9 Å². The minimum Gasteiger partial charge on any atom is -0.454 e. The van der Waals surface area contributed by atoms with Gasteiger partial charge in [-0.3, -0.25) is 9.59 Å². The summed E-state index contributed by atoms with van der Waals surface area (Å²) in [6.45, 7) is -0.575. The van der Waals surface area contributed by atoms with Crippen LogP contribution in [-0.2, 0) is 20.9 Å². The molecular formula is C12H16N6O3. The highest BCUT2D eigenvalue weighted by atomic mass is 16.5. The van der Waals surface area contributed by atoms with Crippen LogP contribution >= 0.6 is 0 Å². The minimum atomic E-state index is -0.822. The summed E-state index contributed by atoms with van der Waals surface area (Å²) in [4.78, 5) is 23.3. The molecule has 1 aromatic rings. The molecule has 0 spiro atoms. The van der Waals surface area contributed by atoms with E-state index in [1.807, 2.05) is 0 Å². The van der Waals surface area contributed by atoms with Crippen LogP contribution in [0.1, 0.15) is 32.1 Å². The lowest BCUT2D eigenvalue weighted by Crippen LogP contribution is -2.50. The molecule has 0 saturated heterocycles. The van der Waals surface area contributed by atoms with Gasteiger partial charge in [-0.15, -0.1) is 5.10 Å². The second kappa shape index (κ2) is 6.78. The average molecular weight is 292 g/mol. The third-order valence-electron chi connectivity index (χ3n) is 3.35. The molecule has 9 nitrogen and oxygen atoms in total. The lowest BCUT2D eigenvalue weighted by molar-refractivity contribution is -0.149. The molecule has 0 bridgehead atoms. The quantitative estimate of drug-likeness (QED) is 0.729. The molecule has 9 heteroatoms. The Hall–Kier alpha value is -2.50. The number of hydrogen-bond donors (Lipinski definition) is 1. The Labute approximate surface area is 121 Å². The van der Waals surface area contributed by atoms with Crippen LogP contribution in [0.5, 0.6) is 0 Å². The van der Waals surface area contributed by atoms with Gasteiger partial charge in [-0.1, -0.05) is 19.3 Å². The van der Waals surface area contributed by atoms with Gasteiger partial charge in [0.1, 0.15) is 18.4 Å². The first-order valence-electron chi connectivity index (χ1n) is 6.72. The maximum absolute atomic E-state index is 11.8. The summed E-state index contributed by atoms with van der Waals surface area (Å²) < 4.78 is 6.02. The van der Waals surface area contributed by atoms with Crippen molar-refractivity contribution in [3.8, 4) is 6.07 Å². The first kappa shape index (κ1) is 14.9. The van der Waals surface area contributed by atoms with Gasteiger partial charge in [-0.25, -0.2) is 4.68 Å². The fourth-order valence-electron chi connectivity index (χ4n) is 2.30. The molecule has 0 unspecified atom stereocenters. The maximum atomic E-state index is 11.8. The topological polar surface area (TPSA) is 123 Å². The minimum absolute atomic E-state index is 0.163. The number of nitriles is 1. The number of hydrogen-bond acceptors (Lipinski definition) is 7. The van der Waals surface area contributed by atoms with Gasteiger partial charge in [0.05, 0.1) is 6.07 Å². The molecule has 0 radical (unpaired) electrons. The summed E-state index contributed by atoms with van der Waals surface area (Å²) in [7, 11) is 0. The average Bonchev–Trinajstić information content (AvgIpc) is 2.99. The molecule has 2 rings (SSSR count). The highest BCUT2D eigenvalue weighted by molar-refractivity contribution is 5.81. The van der Waals surface area contributed by atoms with Crippen molar-refractivity contribution < 1.29 is 14.3 Å². The summed E-state index contributed by atoms with van der Waals surface area (Å²) in [5.74, 6) is -1.09. The number of nitrogens with zero attached hydrogens (tertiary/aromatic N) is 5. The number of ether oxygens (including phenoxy) is 1. The van der Waals surface area contributed by atoms with Crippen LogP contribution in [0, 0.1) is 11.3 Å². The van der Waals surface area contributed by atoms with Gasteiger partial charge in [0.2, 0.25) is 0 Å². The molecule has 0 aliphatic heterocycles. The van der Waals surface area contributed by atoms with Crippen LogP contribution in [0.15, 0.2) is 6.33 Å². The normalized spacial score (nSPS) is 16.7. The third kappa shape index (κ3) is 4.24. The van der Waals surface area contributed by atoms with E-state index in [1.54, 1.807) is 0 Å². The molecule has 1 saturated carbocycles. The van der Waals surface area contributed by atoms with Crippen molar-refractivity contribution in [2.75, 3.05) is 6.61 Å². The van der Waals surface area contributed by atoms with E-state index in [1.165, 1.54) is 11.0 Å². The van der Waals surface area contributed by atoms with Gasteiger partial charge < -0.3 is 10.1 Å². The molecule has 1 amide bonds. The Bertz CT molecular complexity index is 530. The van der Waals surface area contributed by atoms with Crippen LogP contribution in [0.4, 0.5) is 0 Å². The predicted molar refractivity (Wildman–Crippen MR) is 68.3 cm³/mol. The lowest BCUT2D eigenvalue weighted by Gasteiger charge is -2.31. The second-order valence-corrected chi connectivity index (χ2v) is 4.97. The Kier molecular flexibility index (Phi) is 4.81. The Morgan fingerprint density at radius 1 is 1.38 bits per heavy atom. The number of carbonyl (C=O) groups excluding carboxylic acids is 2. The van der Waals surface area contributed by atoms with Gasteiger partial charge in [-0.05, 0) is 23.3 Å². The first-order valence-corrected chi connectivity index (χ1v) is 6.72. The standard InChI is InChI=1S/C12H16N6O3/c13-8-12(4-2-1-3-5-12)15-10(19)7-21-11(20)6-18-9-14-16-17-18/h9H,1-7H2,(H,15,19). The lowest BCUT2D eigenvalue weighted by atomic mass is 9.83. The van der Waals surface area contributed by atoms with E-state index >= 15 is 0 Å². The van der Waals surface area contributed by atoms with Crippen molar-refractivity contribution in [1.82, 2.24) is 25.5 Å². The number of amides is 1. The molecule has 1 heterocycles. The van der Waals surface area contributed by atoms with E-state index in [0.717, 1.165) is 19.3 Å². The van der Waals surface area contributed by atoms with E-state index < -0.39 is 24.0 Å². The van der Waals surface area contributed by atoms with Gasteiger partial charge in [0.15, 0.2) is 6.61 Å². The number of carbonyl (C=O) groups is 2. The predicted octanol–water partition coefficient (Wildman–Crippen LogP) is -0.441. The molecular weight excluding hydrogens is 276 g/mol. The van der Waals surface area contributed by atoms with Gasteiger partial charge >= 0.3 is 5.97 Å². The number of esters is 1. The zero-order valence-corrected chi connectivity index (χ0v) is 11.5. The first-order chi connectivity index (χ1) is 10.1. The smallest absolute Gasteiger partial charge is 0.328 e. The monoisotopic (exact) mass is 292 g/mol. The van der Waals surface area contributed by atoms with Crippen molar-refractivity contribution in [3.63, 3.8) is 0 Å². The SMILES string of the molecule is N#CC1(NC(=O)COC(=O)Cn2cnnn2)CCCCC1. The van der Waals surface area contributed by atoms with Crippen LogP contribution in [0.3, 0.4) is 0 Å². The Morgan fingerprint density at radius 2 is 2.14 bits per heavy atom. The number of aromatic nitrogens is 4. The van der Waals surface area contributed by atoms with E-state index in [0.29, 0.717) is 12.8 Å². The Balaban J connectivity index is 1.76. The fourth-order valence-corrected chi connectivity index (χ4v) is 2.30. The van der Waals surface area contributed by atoms with Gasteiger partial charge in [-0.2, -0.15) is 5.26 Å². The van der Waals surface area contributed by atoms with Crippen LogP contribution in [0.25, 0.3) is 0 Å². The van der Waals surface area contributed by atoms with E-state index in [2.05, 4.69) is 26.9 Å². The number of nitrogens with one attached hydrogen (secondary N) is 1. The zero-order valence-electron chi connectivity index (χ0n) is 11.5. The molecule has 0 atom stereocenters. The molecule has 1 aliphatic rings. The molecule has 1 fully saturated rings. The summed E-state index contributed by atoms with van der Waals surface area (Å²) in [5.41, 5.74) is -0.822. The molecule has 112 valence electrons. The summed E-state index contributed by atoms with van der Waals surface area (Å²) >= 11 is 0. The van der Waals surface area contributed by atoms with Crippen molar-refractivity contribution in [2.45, 2.75) is 44.2 Å². The van der Waals surface area contributed by atoms with Crippen molar-refractivity contribution in [1.29, 1.82) is 5.26 Å². The maximum Gasteiger partial charge on any atom is 0.328 e. The molecule has 1 N–H and O–H groups in total. The van der Waals surface area contributed by atoms with Crippen LogP contribution < -0.4 is 5.32 Å². The van der Waals surface area contributed by atoms with Crippen molar-refractivity contribution in [3.05, 3.63) is 6.33 Å². The van der Waals surface area contributed by atoms with E-state index in [4.69, 9.17) is 4.74 Å². The highest BCUT2D eigenvalue weighted by Crippen LogP contribution is 2.27. The Morgan fingerprint density at radius 3 is 2.76 bits per heavy atom. The van der Waals surface area contributed by atoms with E-state index in [9.17, 15) is 14.9 Å². The molecule has 0 aromatic carbocycles. The fraction of sp³-hybridized carbons (Fsp3) is 0.667. The molecule has 1 aliphatic carbocycles. The zero-order chi connectivity index (χ0) is 15.1. The molecule has 1 aromatic heterocycles. The van der Waals surface area contributed by atoms with Gasteiger partial charge in [0, 0.05) is 0 Å². The van der Waals surface area contributed by atoms with Gasteiger partial charge in [0.25, 0.3) is 5.91 Å². The second-order valence-electron chi connectivity index (χ2n) is 4.97. The largest absolute Gasteiger partial charge is 0.454 e.